The highest BCUT2D eigenvalue weighted by Crippen LogP contribution is 2.31. The first-order valence-corrected chi connectivity index (χ1v) is 12.8. The molecule has 3 heterocycles. The van der Waals surface area contributed by atoms with Crippen LogP contribution in [0.25, 0.3) is 10.9 Å². The van der Waals surface area contributed by atoms with Crippen LogP contribution in [0.1, 0.15) is 73.5 Å². The smallest absolute Gasteiger partial charge is 0.410 e. The summed E-state index contributed by atoms with van der Waals surface area (Å²) < 4.78 is 7.07. The van der Waals surface area contributed by atoms with E-state index in [1.807, 2.05) is 40.7 Å². The lowest BCUT2D eigenvalue weighted by atomic mass is 10.00. The molecule has 1 aliphatic heterocycles. The van der Waals surface area contributed by atoms with E-state index in [0.29, 0.717) is 41.9 Å². The van der Waals surface area contributed by atoms with Gasteiger partial charge < -0.3 is 20.1 Å². The number of carbonyl (C=O) groups excluding carboxylic acids is 1. The number of hydrogen-bond acceptors (Lipinski definition) is 7. The van der Waals surface area contributed by atoms with E-state index in [4.69, 9.17) is 21.3 Å². The normalized spacial score (nSPS) is 16.5. The molecule has 1 amide bonds. The zero-order valence-corrected chi connectivity index (χ0v) is 23.1. The van der Waals surface area contributed by atoms with E-state index in [0.717, 1.165) is 11.1 Å². The zero-order valence-electron chi connectivity index (χ0n) is 22.3. The van der Waals surface area contributed by atoms with Crippen LogP contribution >= 0.6 is 11.6 Å². The average molecular weight is 542 g/mol. The number of aromatic nitrogens is 3. The maximum atomic E-state index is 13.5. The molecule has 3 aromatic rings. The topological polar surface area (TPSA) is 127 Å². The number of carboxylic acids is 1. The van der Waals surface area contributed by atoms with Gasteiger partial charge in [0, 0.05) is 31.6 Å². The summed E-state index contributed by atoms with van der Waals surface area (Å²) >= 11 is 5.90. The molecule has 0 aliphatic carbocycles. The summed E-state index contributed by atoms with van der Waals surface area (Å²) in [5.41, 5.74) is 1.47. The first-order chi connectivity index (χ1) is 17.7. The molecule has 0 bridgehead atoms. The van der Waals surface area contributed by atoms with Crippen molar-refractivity contribution in [1.29, 1.82) is 0 Å². The Hall–Kier alpha value is -3.66. The molecule has 1 fully saturated rings. The Bertz CT molecular complexity index is 1480. The molecule has 202 valence electrons. The quantitative estimate of drug-likeness (QED) is 0.437. The van der Waals surface area contributed by atoms with E-state index in [9.17, 15) is 19.5 Å². The molecule has 11 heteroatoms. The Labute approximate surface area is 225 Å². The number of amides is 1. The molecule has 10 nitrogen and oxygen atoms in total. The lowest BCUT2D eigenvalue weighted by Gasteiger charge is -2.24. The van der Waals surface area contributed by atoms with Gasteiger partial charge in [0.1, 0.15) is 16.6 Å². The van der Waals surface area contributed by atoms with Gasteiger partial charge in [0.15, 0.2) is 5.69 Å². The van der Waals surface area contributed by atoms with Gasteiger partial charge in [-0.15, -0.1) is 0 Å². The molecule has 2 aromatic heterocycles. The molecule has 1 aliphatic rings. The molecule has 2 N–H and O–H groups in total. The van der Waals surface area contributed by atoms with Crippen molar-refractivity contribution in [3.8, 4) is 0 Å². The standard InChI is InChI=1S/C27H32ClN5O5/c1-14-11-17(15(2)29-19-7-8-20(28)30-22(19)25(35)36)21-18(12-14)24(34)32(6)23(31-21)16-9-10-33(13-16)26(37)38-27(3,4)5/h7-8,11-12,15-16,29H,9-10,13H2,1-6H3,(H,35,36)/t15-,16+/m1/s1. The summed E-state index contributed by atoms with van der Waals surface area (Å²) in [6, 6.07) is 6.41. The van der Waals surface area contributed by atoms with E-state index in [2.05, 4.69) is 10.3 Å². The molecule has 38 heavy (non-hydrogen) atoms. The average Bonchev–Trinajstić information content (AvgIpc) is 3.31. The highest BCUT2D eigenvalue weighted by atomic mass is 35.5. The third kappa shape index (κ3) is 5.60. The van der Waals surface area contributed by atoms with Crippen LogP contribution in [0.4, 0.5) is 10.5 Å². The van der Waals surface area contributed by atoms with Gasteiger partial charge in [0.2, 0.25) is 0 Å². The van der Waals surface area contributed by atoms with E-state index in [-0.39, 0.29) is 28.4 Å². The number of aryl methyl sites for hydroxylation is 1. The van der Waals surface area contributed by atoms with Crippen LogP contribution in [-0.2, 0) is 11.8 Å². The van der Waals surface area contributed by atoms with Crippen LogP contribution in [0.2, 0.25) is 5.15 Å². The number of pyridine rings is 1. The minimum atomic E-state index is -1.21. The van der Waals surface area contributed by atoms with Crippen molar-refractivity contribution in [2.24, 2.45) is 7.05 Å². The van der Waals surface area contributed by atoms with Crippen LogP contribution in [0.3, 0.4) is 0 Å². The van der Waals surface area contributed by atoms with Crippen LogP contribution in [0.15, 0.2) is 29.1 Å². The first kappa shape index (κ1) is 27.4. The third-order valence-corrected chi connectivity index (χ3v) is 6.71. The number of hydrogen-bond donors (Lipinski definition) is 2. The number of fused-ring (bicyclic) bond motifs is 1. The highest BCUT2D eigenvalue weighted by molar-refractivity contribution is 6.29. The van der Waals surface area contributed by atoms with Crippen molar-refractivity contribution in [2.75, 3.05) is 18.4 Å². The second-order valence-electron chi connectivity index (χ2n) is 10.7. The Kier molecular flexibility index (Phi) is 7.38. The van der Waals surface area contributed by atoms with E-state index >= 15 is 0 Å². The molecular formula is C27H32ClN5O5. The lowest BCUT2D eigenvalue weighted by Crippen LogP contribution is -2.35. The molecule has 0 radical (unpaired) electrons. The number of likely N-dealkylation sites (tertiary alicyclic amines) is 1. The van der Waals surface area contributed by atoms with Crippen LogP contribution in [0, 0.1) is 6.92 Å². The SMILES string of the molecule is Cc1cc([C@@H](C)Nc2ccc(Cl)nc2C(=O)O)c2nc([C@H]3CCN(C(=O)OC(C)(C)C)C3)n(C)c(=O)c2c1. The molecule has 0 unspecified atom stereocenters. The van der Waals surface area contributed by atoms with Crippen molar-refractivity contribution in [3.05, 3.63) is 62.4 Å². The zero-order chi connectivity index (χ0) is 27.9. The number of anilines is 1. The van der Waals surface area contributed by atoms with Gasteiger partial charge in [-0.05, 0) is 64.8 Å². The van der Waals surface area contributed by atoms with Crippen LogP contribution in [-0.4, -0.2) is 55.3 Å². The van der Waals surface area contributed by atoms with Gasteiger partial charge in [0.25, 0.3) is 5.56 Å². The first-order valence-electron chi connectivity index (χ1n) is 12.4. The monoisotopic (exact) mass is 541 g/mol. The summed E-state index contributed by atoms with van der Waals surface area (Å²) in [5.74, 6) is -0.757. The largest absolute Gasteiger partial charge is 0.476 e. The molecular weight excluding hydrogens is 510 g/mol. The molecule has 0 spiro atoms. The van der Waals surface area contributed by atoms with Crippen molar-refractivity contribution in [3.63, 3.8) is 0 Å². The van der Waals surface area contributed by atoms with Crippen LogP contribution < -0.4 is 10.9 Å². The predicted molar refractivity (Wildman–Crippen MR) is 145 cm³/mol. The lowest BCUT2D eigenvalue weighted by molar-refractivity contribution is 0.0292. The fourth-order valence-corrected chi connectivity index (χ4v) is 4.90. The number of nitrogens with one attached hydrogen (secondary N) is 1. The Morgan fingerprint density at radius 3 is 2.61 bits per heavy atom. The van der Waals surface area contributed by atoms with Gasteiger partial charge in [-0.3, -0.25) is 9.36 Å². The minimum absolute atomic E-state index is 0.0772. The van der Waals surface area contributed by atoms with Gasteiger partial charge in [-0.1, -0.05) is 17.7 Å². The fraction of sp³-hybridized carbons (Fsp3) is 0.444. The Balaban J connectivity index is 1.73. The molecule has 2 atom stereocenters. The molecule has 1 saturated heterocycles. The van der Waals surface area contributed by atoms with E-state index < -0.39 is 17.6 Å². The summed E-state index contributed by atoms with van der Waals surface area (Å²) in [6.07, 6.45) is 0.268. The van der Waals surface area contributed by atoms with Gasteiger partial charge in [0.05, 0.1) is 22.6 Å². The summed E-state index contributed by atoms with van der Waals surface area (Å²) in [4.78, 5) is 48.3. The number of carbonyl (C=O) groups is 2. The fourth-order valence-electron chi connectivity index (χ4n) is 4.75. The summed E-state index contributed by atoms with van der Waals surface area (Å²) in [5, 5.41) is 13.3. The van der Waals surface area contributed by atoms with Crippen molar-refractivity contribution >= 4 is 40.3 Å². The number of carboxylic acid groups (broad SMARTS) is 1. The number of benzene rings is 1. The summed E-state index contributed by atoms with van der Waals surface area (Å²) in [7, 11) is 1.70. The minimum Gasteiger partial charge on any atom is -0.476 e. The van der Waals surface area contributed by atoms with Crippen molar-refractivity contribution in [2.45, 2.75) is 58.6 Å². The predicted octanol–water partition coefficient (Wildman–Crippen LogP) is 4.89. The number of rotatable bonds is 5. The molecule has 4 rings (SSSR count). The van der Waals surface area contributed by atoms with Gasteiger partial charge in [-0.25, -0.2) is 19.6 Å². The van der Waals surface area contributed by atoms with Crippen LogP contribution in [0.5, 0.6) is 0 Å². The number of nitrogens with zero attached hydrogens (tertiary/aromatic N) is 4. The highest BCUT2D eigenvalue weighted by Gasteiger charge is 2.33. The van der Waals surface area contributed by atoms with Crippen molar-refractivity contribution in [1.82, 2.24) is 19.4 Å². The van der Waals surface area contributed by atoms with Crippen molar-refractivity contribution < 1.29 is 19.4 Å². The van der Waals surface area contributed by atoms with Gasteiger partial charge in [-0.2, -0.15) is 0 Å². The number of halogens is 1. The summed E-state index contributed by atoms with van der Waals surface area (Å²) in [6.45, 7) is 10.1. The Morgan fingerprint density at radius 1 is 1.24 bits per heavy atom. The number of aromatic carboxylic acids is 1. The van der Waals surface area contributed by atoms with Gasteiger partial charge >= 0.3 is 12.1 Å². The molecule has 0 saturated carbocycles. The molecule has 1 aromatic carbocycles. The second-order valence-corrected chi connectivity index (χ2v) is 11.1. The van der Waals surface area contributed by atoms with E-state index in [1.54, 1.807) is 28.6 Å². The Morgan fingerprint density at radius 2 is 1.95 bits per heavy atom. The second kappa shape index (κ2) is 10.2. The maximum Gasteiger partial charge on any atom is 0.410 e. The maximum absolute atomic E-state index is 13.5. The number of ether oxygens (including phenoxy) is 1. The third-order valence-electron chi connectivity index (χ3n) is 6.50. The van der Waals surface area contributed by atoms with E-state index in [1.165, 1.54) is 6.07 Å².